The maximum Gasteiger partial charge on any atom is 0.278 e. The molecule has 0 atom stereocenters. The zero-order chi connectivity index (χ0) is 24.1. The standard InChI is InChI=1S/C27H26N2O5/c1-4-34-21-9-7-8-19(16-21)28-25-24(22-10-5-6-11-23(22)33-3)26(30)29(27(25)31)17-18-12-14-20(32-2)15-13-18/h5-16,28H,4,17H2,1-3H3. The maximum absolute atomic E-state index is 13.6. The monoisotopic (exact) mass is 458 g/mol. The molecule has 3 aromatic carbocycles. The summed E-state index contributed by atoms with van der Waals surface area (Å²) in [6, 6.07) is 21.7. The molecular weight excluding hydrogens is 432 g/mol. The van der Waals surface area contributed by atoms with Crippen LogP contribution in [0.25, 0.3) is 5.57 Å². The quantitative estimate of drug-likeness (QED) is 0.476. The number of benzene rings is 3. The molecule has 0 saturated heterocycles. The van der Waals surface area contributed by atoms with Crippen molar-refractivity contribution in [2.75, 3.05) is 26.1 Å². The fourth-order valence-corrected chi connectivity index (χ4v) is 3.82. The molecule has 2 amide bonds. The molecule has 0 aliphatic carbocycles. The number of anilines is 1. The third kappa shape index (κ3) is 4.59. The largest absolute Gasteiger partial charge is 0.497 e. The van der Waals surface area contributed by atoms with Crippen molar-refractivity contribution < 1.29 is 23.8 Å². The predicted molar refractivity (Wildman–Crippen MR) is 130 cm³/mol. The van der Waals surface area contributed by atoms with Crippen molar-refractivity contribution in [3.05, 3.63) is 89.6 Å². The van der Waals surface area contributed by atoms with Crippen LogP contribution in [0.15, 0.2) is 78.5 Å². The summed E-state index contributed by atoms with van der Waals surface area (Å²) in [5, 5.41) is 3.17. The van der Waals surface area contributed by atoms with Gasteiger partial charge in [0.05, 0.1) is 32.9 Å². The summed E-state index contributed by atoms with van der Waals surface area (Å²) in [5.74, 6) is 1.07. The Bertz CT molecular complexity index is 1230. The van der Waals surface area contributed by atoms with Crippen LogP contribution in [-0.4, -0.2) is 37.5 Å². The fourth-order valence-electron chi connectivity index (χ4n) is 3.82. The van der Waals surface area contributed by atoms with Gasteiger partial charge in [-0.2, -0.15) is 0 Å². The van der Waals surface area contributed by atoms with Crippen molar-refractivity contribution in [2.24, 2.45) is 0 Å². The molecule has 174 valence electrons. The van der Waals surface area contributed by atoms with Gasteiger partial charge < -0.3 is 19.5 Å². The summed E-state index contributed by atoms with van der Waals surface area (Å²) in [6.45, 7) is 2.55. The van der Waals surface area contributed by atoms with Gasteiger partial charge in [0, 0.05) is 17.3 Å². The molecule has 1 heterocycles. The number of hydrogen-bond donors (Lipinski definition) is 1. The lowest BCUT2D eigenvalue weighted by molar-refractivity contribution is -0.137. The van der Waals surface area contributed by atoms with E-state index in [0.29, 0.717) is 35.1 Å². The Morgan fingerprint density at radius 3 is 2.29 bits per heavy atom. The van der Waals surface area contributed by atoms with E-state index in [1.54, 1.807) is 37.4 Å². The van der Waals surface area contributed by atoms with Crippen LogP contribution in [0, 0.1) is 0 Å². The van der Waals surface area contributed by atoms with Gasteiger partial charge in [0.15, 0.2) is 0 Å². The van der Waals surface area contributed by atoms with Gasteiger partial charge in [-0.3, -0.25) is 14.5 Å². The Kier molecular flexibility index (Phi) is 6.82. The number of imide groups is 1. The Morgan fingerprint density at radius 2 is 1.59 bits per heavy atom. The molecule has 4 rings (SSSR count). The van der Waals surface area contributed by atoms with Gasteiger partial charge in [-0.25, -0.2) is 0 Å². The molecule has 0 radical (unpaired) electrons. The fraction of sp³-hybridized carbons (Fsp3) is 0.185. The smallest absolute Gasteiger partial charge is 0.278 e. The second-order valence-corrected chi connectivity index (χ2v) is 7.58. The maximum atomic E-state index is 13.6. The second kappa shape index (κ2) is 10.1. The molecular formula is C27H26N2O5. The highest BCUT2D eigenvalue weighted by Crippen LogP contribution is 2.36. The van der Waals surface area contributed by atoms with Crippen LogP contribution in [-0.2, 0) is 16.1 Å². The zero-order valence-corrected chi connectivity index (χ0v) is 19.3. The minimum absolute atomic E-state index is 0.129. The van der Waals surface area contributed by atoms with Crippen molar-refractivity contribution in [3.63, 3.8) is 0 Å². The van der Waals surface area contributed by atoms with Crippen LogP contribution >= 0.6 is 0 Å². The first-order valence-electron chi connectivity index (χ1n) is 10.9. The number of para-hydroxylation sites is 1. The third-order valence-corrected chi connectivity index (χ3v) is 5.46. The molecule has 7 nitrogen and oxygen atoms in total. The number of ether oxygens (including phenoxy) is 3. The molecule has 0 bridgehead atoms. The van der Waals surface area contributed by atoms with E-state index < -0.39 is 11.8 Å². The van der Waals surface area contributed by atoms with Crippen LogP contribution in [0.5, 0.6) is 17.2 Å². The van der Waals surface area contributed by atoms with Gasteiger partial charge in [-0.15, -0.1) is 0 Å². The van der Waals surface area contributed by atoms with E-state index in [9.17, 15) is 9.59 Å². The predicted octanol–water partition coefficient (Wildman–Crippen LogP) is 4.49. The molecule has 0 unspecified atom stereocenters. The van der Waals surface area contributed by atoms with Crippen LogP contribution in [0.4, 0.5) is 5.69 Å². The summed E-state index contributed by atoms with van der Waals surface area (Å²) < 4.78 is 16.3. The first kappa shape index (κ1) is 22.9. The topological polar surface area (TPSA) is 77.1 Å². The molecule has 0 spiro atoms. The van der Waals surface area contributed by atoms with Crippen molar-refractivity contribution in [1.82, 2.24) is 4.90 Å². The number of rotatable bonds is 9. The second-order valence-electron chi connectivity index (χ2n) is 7.58. The highest BCUT2D eigenvalue weighted by Gasteiger charge is 2.40. The summed E-state index contributed by atoms with van der Waals surface area (Å²) in [4.78, 5) is 28.3. The minimum Gasteiger partial charge on any atom is -0.497 e. The van der Waals surface area contributed by atoms with Gasteiger partial charge in [0.2, 0.25) is 0 Å². The molecule has 34 heavy (non-hydrogen) atoms. The van der Waals surface area contributed by atoms with Crippen LogP contribution in [0.1, 0.15) is 18.1 Å². The number of carbonyl (C=O) groups is 2. The van der Waals surface area contributed by atoms with Gasteiger partial charge in [0.25, 0.3) is 11.8 Å². The zero-order valence-electron chi connectivity index (χ0n) is 19.3. The molecule has 3 aromatic rings. The van der Waals surface area contributed by atoms with E-state index in [-0.39, 0.29) is 17.8 Å². The number of hydrogen-bond acceptors (Lipinski definition) is 6. The first-order valence-corrected chi connectivity index (χ1v) is 10.9. The Balaban J connectivity index is 1.74. The average Bonchev–Trinajstić information content (AvgIpc) is 3.09. The highest BCUT2D eigenvalue weighted by atomic mass is 16.5. The first-order chi connectivity index (χ1) is 16.5. The van der Waals surface area contributed by atoms with Crippen LogP contribution in [0.2, 0.25) is 0 Å². The number of amides is 2. The molecule has 1 N–H and O–H groups in total. The van der Waals surface area contributed by atoms with E-state index in [4.69, 9.17) is 14.2 Å². The van der Waals surface area contributed by atoms with E-state index in [2.05, 4.69) is 5.32 Å². The lowest BCUT2D eigenvalue weighted by Crippen LogP contribution is -2.32. The molecule has 0 fully saturated rings. The number of nitrogens with zero attached hydrogens (tertiary/aromatic N) is 1. The van der Waals surface area contributed by atoms with Crippen molar-refractivity contribution in [3.8, 4) is 17.2 Å². The van der Waals surface area contributed by atoms with Gasteiger partial charge in [-0.1, -0.05) is 36.4 Å². The Hall–Kier alpha value is -4.26. The molecule has 0 aromatic heterocycles. The van der Waals surface area contributed by atoms with Gasteiger partial charge >= 0.3 is 0 Å². The summed E-state index contributed by atoms with van der Waals surface area (Å²) >= 11 is 0. The minimum atomic E-state index is -0.413. The van der Waals surface area contributed by atoms with Crippen molar-refractivity contribution in [1.29, 1.82) is 0 Å². The van der Waals surface area contributed by atoms with E-state index >= 15 is 0 Å². The number of methoxy groups -OCH3 is 2. The summed E-state index contributed by atoms with van der Waals surface area (Å²) in [5.41, 5.74) is 2.45. The molecule has 1 aliphatic rings. The van der Waals surface area contributed by atoms with E-state index in [1.807, 2.05) is 49.4 Å². The molecule has 7 heteroatoms. The lowest BCUT2D eigenvalue weighted by Gasteiger charge is -2.16. The average molecular weight is 459 g/mol. The normalized spacial score (nSPS) is 13.3. The number of carbonyl (C=O) groups excluding carboxylic acids is 2. The van der Waals surface area contributed by atoms with Crippen molar-refractivity contribution >= 4 is 23.1 Å². The third-order valence-electron chi connectivity index (χ3n) is 5.46. The van der Waals surface area contributed by atoms with Crippen LogP contribution in [0.3, 0.4) is 0 Å². The van der Waals surface area contributed by atoms with Crippen molar-refractivity contribution in [2.45, 2.75) is 13.5 Å². The van der Waals surface area contributed by atoms with Gasteiger partial charge in [-0.05, 0) is 42.8 Å². The van der Waals surface area contributed by atoms with E-state index in [0.717, 1.165) is 5.56 Å². The van der Waals surface area contributed by atoms with Gasteiger partial charge in [0.1, 0.15) is 22.9 Å². The molecule has 0 saturated carbocycles. The SMILES string of the molecule is CCOc1cccc(NC2=C(c3ccccc3OC)C(=O)N(Cc3ccc(OC)cc3)C2=O)c1. The van der Waals surface area contributed by atoms with Crippen LogP contribution < -0.4 is 19.5 Å². The Morgan fingerprint density at radius 1 is 0.824 bits per heavy atom. The highest BCUT2D eigenvalue weighted by molar-refractivity contribution is 6.36. The summed E-state index contributed by atoms with van der Waals surface area (Å²) in [6.07, 6.45) is 0. The van der Waals surface area contributed by atoms with E-state index in [1.165, 1.54) is 12.0 Å². The lowest BCUT2D eigenvalue weighted by atomic mass is 10.0. The Labute approximate surface area is 198 Å². The number of nitrogens with one attached hydrogen (secondary N) is 1. The summed E-state index contributed by atoms with van der Waals surface area (Å²) in [7, 11) is 3.12. The molecule has 1 aliphatic heterocycles.